The van der Waals surface area contributed by atoms with Gasteiger partial charge in [0.05, 0.1) is 18.8 Å². The molecule has 1 aliphatic carbocycles. The summed E-state index contributed by atoms with van der Waals surface area (Å²) in [6.45, 7) is 5.88. The number of nitrogens with one attached hydrogen (secondary N) is 2. The van der Waals surface area contributed by atoms with Gasteiger partial charge in [0.2, 0.25) is 5.95 Å². The molecule has 0 spiro atoms. The van der Waals surface area contributed by atoms with Gasteiger partial charge in [-0.05, 0) is 63.0 Å². The number of fused-ring (bicyclic) bond motifs is 3. The predicted molar refractivity (Wildman–Crippen MR) is 133 cm³/mol. The molecule has 1 amide bonds. The standard InChI is InChI=1S/C26H30N6O5.K/c1-26(2)12-16-20(24(34)35)31-37-22(16)21-17(26)13-27-25(30-21)29-18-6-5-14(11-19(18)36-4)23(33)28-15-7-9-32(3)10-8-15;/h5-6,11,13,15H,7-10,12H2,1-4H3,(H,28,33)(H,34,35)(H,27,29,30);/q;+1/p-1. The number of benzene rings is 1. The number of anilines is 2. The number of likely N-dealkylation sites (tertiary alicyclic amines) is 1. The summed E-state index contributed by atoms with van der Waals surface area (Å²) in [4.78, 5) is 35.7. The van der Waals surface area contributed by atoms with Crippen LogP contribution in [0.3, 0.4) is 0 Å². The van der Waals surface area contributed by atoms with E-state index in [4.69, 9.17) is 9.26 Å². The molecule has 1 fully saturated rings. The molecule has 194 valence electrons. The smallest absolute Gasteiger partial charge is 0.543 e. The number of carbonyl (C=O) groups excluding carboxylic acids is 2. The SMILES string of the molecule is COc1cc(C(=O)NC2CCN(C)CC2)ccc1Nc1ncc2c(n1)-c1onc(C(=O)[O-])c1CC2(C)C.[K+]. The molecule has 5 rings (SSSR count). The molecule has 1 aromatic carbocycles. The molecule has 0 radical (unpaired) electrons. The first-order valence-electron chi connectivity index (χ1n) is 12.2. The summed E-state index contributed by atoms with van der Waals surface area (Å²) < 4.78 is 10.9. The Hall–Kier alpha value is -2.35. The zero-order valence-corrected chi connectivity index (χ0v) is 25.4. The number of nitrogens with zero attached hydrogens (tertiary/aromatic N) is 4. The number of ether oxygens (including phenoxy) is 1. The largest absolute Gasteiger partial charge is 1.00 e. The van der Waals surface area contributed by atoms with Crippen LogP contribution >= 0.6 is 0 Å². The molecule has 3 heterocycles. The van der Waals surface area contributed by atoms with Crippen LogP contribution in [0.5, 0.6) is 5.75 Å². The number of hydrogen-bond acceptors (Lipinski definition) is 10. The van der Waals surface area contributed by atoms with Crippen molar-refractivity contribution >= 4 is 23.5 Å². The first-order valence-corrected chi connectivity index (χ1v) is 12.2. The van der Waals surface area contributed by atoms with Crippen LogP contribution in [0.2, 0.25) is 0 Å². The molecule has 0 bridgehead atoms. The molecule has 38 heavy (non-hydrogen) atoms. The van der Waals surface area contributed by atoms with Gasteiger partial charge >= 0.3 is 51.4 Å². The van der Waals surface area contributed by atoms with Crippen molar-refractivity contribution in [3.8, 4) is 17.2 Å². The van der Waals surface area contributed by atoms with E-state index in [1.807, 2.05) is 13.8 Å². The van der Waals surface area contributed by atoms with Gasteiger partial charge in [-0.15, -0.1) is 0 Å². The van der Waals surface area contributed by atoms with Crippen molar-refractivity contribution < 1.29 is 75.3 Å². The average molecular weight is 545 g/mol. The van der Waals surface area contributed by atoms with Crippen LogP contribution in [-0.4, -0.2) is 65.2 Å². The molecule has 12 heteroatoms. The molecular weight excluding hydrogens is 515 g/mol. The quantitative estimate of drug-likeness (QED) is 0.367. The van der Waals surface area contributed by atoms with Crippen molar-refractivity contribution in [1.82, 2.24) is 25.3 Å². The van der Waals surface area contributed by atoms with Gasteiger partial charge in [0.15, 0.2) is 5.76 Å². The van der Waals surface area contributed by atoms with Gasteiger partial charge < -0.3 is 34.7 Å². The van der Waals surface area contributed by atoms with Gasteiger partial charge in [-0.1, -0.05) is 19.0 Å². The molecule has 2 N–H and O–H groups in total. The maximum Gasteiger partial charge on any atom is 1.00 e. The Balaban J connectivity index is 0.00000336. The molecule has 3 aromatic rings. The minimum atomic E-state index is -1.39. The third-order valence-electron chi connectivity index (χ3n) is 7.10. The molecule has 0 atom stereocenters. The van der Waals surface area contributed by atoms with E-state index in [2.05, 4.69) is 37.7 Å². The summed E-state index contributed by atoms with van der Waals surface area (Å²) in [6.07, 6.45) is 3.95. The number of carboxylic acids is 1. The van der Waals surface area contributed by atoms with Crippen molar-refractivity contribution in [3.63, 3.8) is 0 Å². The summed E-state index contributed by atoms with van der Waals surface area (Å²) in [6, 6.07) is 5.29. The normalized spacial score (nSPS) is 16.5. The zero-order chi connectivity index (χ0) is 26.3. The number of carboxylic acid groups (broad SMARTS) is 1. The number of carbonyl (C=O) groups is 2. The van der Waals surface area contributed by atoms with E-state index in [0.29, 0.717) is 40.4 Å². The van der Waals surface area contributed by atoms with Crippen molar-refractivity contribution in [3.05, 3.63) is 46.8 Å². The van der Waals surface area contributed by atoms with E-state index in [-0.39, 0.29) is 75.0 Å². The van der Waals surface area contributed by atoms with Crippen molar-refractivity contribution in [2.75, 3.05) is 32.6 Å². The fraction of sp³-hybridized carbons (Fsp3) is 0.423. The minimum absolute atomic E-state index is 0. The van der Waals surface area contributed by atoms with Crippen LogP contribution in [-0.2, 0) is 11.8 Å². The molecule has 2 aromatic heterocycles. The molecule has 2 aliphatic rings. The second-order valence-electron chi connectivity index (χ2n) is 10.2. The molecule has 0 saturated carbocycles. The van der Waals surface area contributed by atoms with E-state index in [1.165, 1.54) is 7.11 Å². The first-order chi connectivity index (χ1) is 17.7. The van der Waals surface area contributed by atoms with Crippen LogP contribution in [0.1, 0.15) is 58.7 Å². The summed E-state index contributed by atoms with van der Waals surface area (Å²) >= 11 is 0. The van der Waals surface area contributed by atoms with Crippen molar-refractivity contribution in [2.45, 2.75) is 44.6 Å². The molecule has 1 aliphatic heterocycles. The molecule has 1 saturated heterocycles. The minimum Gasteiger partial charge on any atom is -0.543 e. The fourth-order valence-electron chi connectivity index (χ4n) is 4.95. The van der Waals surface area contributed by atoms with Crippen molar-refractivity contribution in [2.24, 2.45) is 0 Å². The number of hydrogen-bond donors (Lipinski definition) is 2. The van der Waals surface area contributed by atoms with E-state index in [1.54, 1.807) is 24.4 Å². The maximum atomic E-state index is 12.8. The topological polar surface area (TPSA) is 146 Å². The van der Waals surface area contributed by atoms with Crippen LogP contribution in [0.25, 0.3) is 11.5 Å². The predicted octanol–water partition coefficient (Wildman–Crippen LogP) is -1.09. The zero-order valence-electron chi connectivity index (χ0n) is 22.3. The van der Waals surface area contributed by atoms with E-state index in [0.717, 1.165) is 31.5 Å². The van der Waals surface area contributed by atoms with Gasteiger partial charge in [-0.2, -0.15) is 0 Å². The summed E-state index contributed by atoms with van der Waals surface area (Å²) in [5.41, 5.74) is 2.17. The number of aromatic carboxylic acids is 1. The van der Waals surface area contributed by atoms with Crippen LogP contribution in [0.4, 0.5) is 11.6 Å². The number of methoxy groups -OCH3 is 1. The van der Waals surface area contributed by atoms with Gasteiger partial charge in [-0.3, -0.25) is 4.79 Å². The average Bonchev–Trinajstić information content (AvgIpc) is 3.29. The Labute approximate surface area is 263 Å². The van der Waals surface area contributed by atoms with E-state index < -0.39 is 11.4 Å². The number of piperidine rings is 1. The second kappa shape index (κ2) is 11.4. The number of rotatable bonds is 6. The van der Waals surface area contributed by atoms with Gasteiger partial charge in [-0.25, -0.2) is 9.97 Å². The Morgan fingerprint density at radius 3 is 2.66 bits per heavy atom. The molecular formula is C26H29KN6O5. The summed E-state index contributed by atoms with van der Waals surface area (Å²) in [5.74, 6) is -0.519. The Bertz CT molecular complexity index is 1370. The van der Waals surface area contributed by atoms with Crippen molar-refractivity contribution in [1.29, 1.82) is 0 Å². The maximum absolute atomic E-state index is 12.8. The van der Waals surface area contributed by atoms with Crippen LogP contribution < -0.4 is 71.9 Å². The molecule has 11 nitrogen and oxygen atoms in total. The van der Waals surface area contributed by atoms with Crippen LogP contribution in [0, 0.1) is 0 Å². The number of aromatic nitrogens is 3. The molecule has 0 unspecified atom stereocenters. The van der Waals surface area contributed by atoms with E-state index in [9.17, 15) is 14.7 Å². The monoisotopic (exact) mass is 544 g/mol. The third-order valence-corrected chi connectivity index (χ3v) is 7.10. The number of amides is 1. The fourth-order valence-corrected chi connectivity index (χ4v) is 4.95. The Morgan fingerprint density at radius 1 is 1.24 bits per heavy atom. The third kappa shape index (κ3) is 5.65. The second-order valence-corrected chi connectivity index (χ2v) is 10.2. The van der Waals surface area contributed by atoms with Gasteiger partial charge in [0.1, 0.15) is 17.1 Å². The van der Waals surface area contributed by atoms with E-state index >= 15 is 0 Å². The Morgan fingerprint density at radius 2 is 1.97 bits per heavy atom. The summed E-state index contributed by atoms with van der Waals surface area (Å²) in [5, 5.41) is 21.5. The van der Waals surface area contributed by atoms with Gasteiger partial charge in [0.25, 0.3) is 5.91 Å². The Kier molecular flexibility index (Phi) is 8.60. The van der Waals surface area contributed by atoms with Crippen LogP contribution in [0.15, 0.2) is 28.9 Å². The van der Waals surface area contributed by atoms with Gasteiger partial charge in [0, 0.05) is 28.9 Å². The summed E-state index contributed by atoms with van der Waals surface area (Å²) in [7, 11) is 3.61. The first kappa shape index (κ1) is 28.6.